The van der Waals surface area contributed by atoms with Gasteiger partial charge in [-0.1, -0.05) is 32.0 Å². The zero-order valence-corrected chi connectivity index (χ0v) is 15.3. The first-order valence-electron chi connectivity index (χ1n) is 8.32. The molecule has 0 saturated carbocycles. The summed E-state index contributed by atoms with van der Waals surface area (Å²) in [6, 6.07) is 8.53. The number of aromatic carboxylic acids is 4. The van der Waals surface area contributed by atoms with Gasteiger partial charge in [-0.2, -0.15) is 0 Å². The predicted molar refractivity (Wildman–Crippen MR) is 99.5 cm³/mol. The minimum Gasteiger partial charge on any atom is -0.478 e. The molecule has 8 nitrogen and oxygen atoms in total. The Morgan fingerprint density at radius 2 is 1.11 bits per heavy atom. The van der Waals surface area contributed by atoms with Gasteiger partial charge in [0.15, 0.2) is 0 Å². The van der Waals surface area contributed by atoms with Gasteiger partial charge >= 0.3 is 23.9 Å². The summed E-state index contributed by atoms with van der Waals surface area (Å²) < 4.78 is 0. The summed E-state index contributed by atoms with van der Waals surface area (Å²) in [6.07, 6.45) is 1.22. The number of carboxylic acid groups (broad SMARTS) is 4. The van der Waals surface area contributed by atoms with Crippen LogP contribution in [-0.4, -0.2) is 44.3 Å². The maximum Gasteiger partial charge on any atom is 0.336 e. The average molecular weight is 388 g/mol. The van der Waals surface area contributed by atoms with Gasteiger partial charge in [0.1, 0.15) is 0 Å². The molecule has 28 heavy (non-hydrogen) atoms. The molecule has 0 atom stereocenters. The van der Waals surface area contributed by atoms with Gasteiger partial charge < -0.3 is 20.4 Å². The number of benzene rings is 2. The van der Waals surface area contributed by atoms with E-state index < -0.39 is 23.9 Å². The van der Waals surface area contributed by atoms with Crippen molar-refractivity contribution in [3.05, 3.63) is 69.8 Å². The summed E-state index contributed by atoms with van der Waals surface area (Å²) in [5, 5.41) is 35.1. The molecule has 0 aliphatic heterocycles. The molecule has 0 spiro atoms. The maximum atomic E-state index is 11.1. The van der Waals surface area contributed by atoms with Crippen LogP contribution in [0.5, 0.6) is 0 Å². The van der Waals surface area contributed by atoms with Crippen molar-refractivity contribution in [3.8, 4) is 0 Å². The molecule has 0 heterocycles. The van der Waals surface area contributed by atoms with E-state index in [1.54, 1.807) is 6.07 Å². The normalized spacial score (nSPS) is 9.79. The second-order valence-electron chi connectivity index (χ2n) is 5.60. The van der Waals surface area contributed by atoms with Gasteiger partial charge in [-0.25, -0.2) is 19.2 Å². The molecule has 2 aromatic rings. The fraction of sp³-hybridized carbons (Fsp3) is 0.200. The van der Waals surface area contributed by atoms with Gasteiger partial charge in [0, 0.05) is 0 Å². The second-order valence-corrected chi connectivity index (χ2v) is 5.60. The van der Waals surface area contributed by atoms with Crippen LogP contribution in [0.4, 0.5) is 0 Å². The minimum absolute atomic E-state index is 0.0747. The second kappa shape index (κ2) is 9.86. The van der Waals surface area contributed by atoms with Gasteiger partial charge in [-0.05, 0) is 42.2 Å². The average Bonchev–Trinajstić information content (AvgIpc) is 2.66. The van der Waals surface area contributed by atoms with E-state index in [0.717, 1.165) is 5.56 Å². The molecule has 148 valence electrons. The number of carboxylic acids is 4. The third-order valence-corrected chi connectivity index (χ3v) is 3.98. The standard InChI is InChI=1S/C12H14O4.C8H6O4/c1-3-7-5-6-9(11(13)14)10(12(15)16)8(7)4-2;9-7(10)5-3-1-2-4-6(5)8(11)12/h5-6H,3-4H2,1-2H3,(H,13,14)(H,15,16);1-4H,(H,9,10)(H,11,12). The van der Waals surface area contributed by atoms with Gasteiger partial charge in [0.25, 0.3) is 0 Å². The Hall–Kier alpha value is -3.68. The Morgan fingerprint density at radius 1 is 0.643 bits per heavy atom. The number of hydrogen-bond donors (Lipinski definition) is 4. The van der Waals surface area contributed by atoms with Crippen molar-refractivity contribution in [1.29, 1.82) is 0 Å². The fourth-order valence-electron chi connectivity index (χ4n) is 2.70. The van der Waals surface area contributed by atoms with Crippen LogP contribution < -0.4 is 0 Å². The highest BCUT2D eigenvalue weighted by Gasteiger charge is 2.21. The number of carbonyl (C=O) groups is 4. The number of hydrogen-bond acceptors (Lipinski definition) is 4. The van der Waals surface area contributed by atoms with Crippen molar-refractivity contribution in [3.63, 3.8) is 0 Å². The van der Waals surface area contributed by atoms with Gasteiger partial charge in [0.2, 0.25) is 0 Å². The van der Waals surface area contributed by atoms with Gasteiger partial charge in [-0.3, -0.25) is 0 Å². The van der Waals surface area contributed by atoms with E-state index in [0.29, 0.717) is 18.4 Å². The first kappa shape index (κ1) is 22.4. The van der Waals surface area contributed by atoms with Crippen LogP contribution >= 0.6 is 0 Å². The first-order valence-corrected chi connectivity index (χ1v) is 8.32. The van der Waals surface area contributed by atoms with Crippen LogP contribution in [0.1, 0.15) is 66.4 Å². The van der Waals surface area contributed by atoms with E-state index in [2.05, 4.69) is 0 Å². The zero-order chi connectivity index (χ0) is 21.4. The lowest BCUT2D eigenvalue weighted by atomic mass is 9.93. The smallest absolute Gasteiger partial charge is 0.336 e. The van der Waals surface area contributed by atoms with Crippen molar-refractivity contribution in [2.24, 2.45) is 0 Å². The Bertz CT molecular complexity index is 881. The molecule has 0 saturated heterocycles. The maximum absolute atomic E-state index is 11.1. The summed E-state index contributed by atoms with van der Waals surface area (Å²) in [6.45, 7) is 3.74. The summed E-state index contributed by atoms with van der Waals surface area (Å²) in [7, 11) is 0. The lowest BCUT2D eigenvalue weighted by Crippen LogP contribution is -2.13. The van der Waals surface area contributed by atoms with Crippen LogP contribution in [0.3, 0.4) is 0 Å². The third-order valence-electron chi connectivity index (χ3n) is 3.98. The largest absolute Gasteiger partial charge is 0.478 e. The highest BCUT2D eigenvalue weighted by atomic mass is 16.4. The minimum atomic E-state index is -1.23. The Balaban J connectivity index is 0.000000292. The molecule has 4 N–H and O–H groups in total. The van der Waals surface area contributed by atoms with Crippen molar-refractivity contribution in [2.45, 2.75) is 26.7 Å². The van der Waals surface area contributed by atoms with Crippen LogP contribution in [0.25, 0.3) is 0 Å². The highest BCUT2D eigenvalue weighted by molar-refractivity contribution is 6.03. The van der Waals surface area contributed by atoms with E-state index >= 15 is 0 Å². The molecular formula is C20H20O8. The molecule has 0 aliphatic rings. The van der Waals surface area contributed by atoms with Crippen molar-refractivity contribution < 1.29 is 39.6 Å². The molecule has 8 heteroatoms. The molecule has 2 rings (SSSR count). The molecule has 0 aliphatic carbocycles. The summed E-state index contributed by atoms with van der Waals surface area (Å²) in [5.74, 6) is -4.83. The van der Waals surface area contributed by atoms with E-state index in [-0.39, 0.29) is 22.3 Å². The van der Waals surface area contributed by atoms with Gasteiger partial charge in [-0.15, -0.1) is 0 Å². The summed E-state index contributed by atoms with van der Waals surface area (Å²) in [5.41, 5.74) is 0.922. The van der Waals surface area contributed by atoms with Crippen LogP contribution in [0.15, 0.2) is 36.4 Å². The van der Waals surface area contributed by atoms with Crippen molar-refractivity contribution in [1.82, 2.24) is 0 Å². The Morgan fingerprint density at radius 3 is 1.43 bits per heavy atom. The summed E-state index contributed by atoms with van der Waals surface area (Å²) in [4.78, 5) is 43.0. The molecule has 0 unspecified atom stereocenters. The lowest BCUT2D eigenvalue weighted by molar-refractivity contribution is 0.0650. The van der Waals surface area contributed by atoms with Gasteiger partial charge in [0.05, 0.1) is 22.3 Å². The number of rotatable bonds is 6. The molecule has 0 amide bonds. The first-order chi connectivity index (χ1) is 13.1. The molecule has 0 aromatic heterocycles. The molecular weight excluding hydrogens is 368 g/mol. The Kier molecular flexibility index (Phi) is 7.88. The molecule has 2 aromatic carbocycles. The number of aryl methyl sites for hydroxylation is 1. The topological polar surface area (TPSA) is 149 Å². The monoisotopic (exact) mass is 388 g/mol. The van der Waals surface area contributed by atoms with Crippen molar-refractivity contribution >= 4 is 23.9 Å². The van der Waals surface area contributed by atoms with E-state index in [4.69, 9.17) is 20.4 Å². The van der Waals surface area contributed by atoms with Crippen LogP contribution in [-0.2, 0) is 12.8 Å². The fourth-order valence-corrected chi connectivity index (χ4v) is 2.70. The Labute approximate surface area is 160 Å². The van der Waals surface area contributed by atoms with E-state index in [1.165, 1.54) is 30.3 Å². The lowest BCUT2D eigenvalue weighted by Gasteiger charge is -2.12. The van der Waals surface area contributed by atoms with E-state index in [9.17, 15) is 19.2 Å². The van der Waals surface area contributed by atoms with Crippen LogP contribution in [0.2, 0.25) is 0 Å². The zero-order valence-electron chi connectivity index (χ0n) is 15.3. The van der Waals surface area contributed by atoms with Crippen molar-refractivity contribution in [2.75, 3.05) is 0 Å². The quantitative estimate of drug-likeness (QED) is 0.589. The SMILES string of the molecule is CCc1ccc(C(=O)O)c(C(=O)O)c1CC.O=C(O)c1ccccc1C(=O)O. The summed E-state index contributed by atoms with van der Waals surface area (Å²) >= 11 is 0. The van der Waals surface area contributed by atoms with E-state index in [1.807, 2.05) is 13.8 Å². The molecule has 0 bridgehead atoms. The molecule has 0 fully saturated rings. The van der Waals surface area contributed by atoms with Crippen LogP contribution in [0, 0.1) is 0 Å². The highest BCUT2D eigenvalue weighted by Crippen LogP contribution is 2.21. The predicted octanol–water partition coefficient (Wildman–Crippen LogP) is 3.29. The molecule has 0 radical (unpaired) electrons. The third kappa shape index (κ3) is 5.16.